The second-order valence-electron chi connectivity index (χ2n) is 6.52. The van der Waals surface area contributed by atoms with E-state index in [0.717, 1.165) is 32.1 Å². The zero-order valence-electron chi connectivity index (χ0n) is 14.8. The van der Waals surface area contributed by atoms with Crippen LogP contribution in [-0.4, -0.2) is 47.3 Å². The number of carbonyl (C=O) groups is 1. The summed E-state index contributed by atoms with van der Waals surface area (Å²) in [5, 5.41) is 10.8. The predicted octanol–water partition coefficient (Wildman–Crippen LogP) is 2.11. The third-order valence-electron chi connectivity index (χ3n) is 4.07. The number of amides is 1. The molecular weight excluding hydrogens is 324 g/mol. The van der Waals surface area contributed by atoms with Crippen LogP contribution in [0.25, 0.3) is 0 Å². The Balaban J connectivity index is 1.57. The van der Waals surface area contributed by atoms with E-state index in [1.54, 1.807) is 6.07 Å². The quantitative estimate of drug-likeness (QED) is 0.854. The van der Waals surface area contributed by atoms with Gasteiger partial charge in [0.05, 0.1) is 25.3 Å². The van der Waals surface area contributed by atoms with Crippen molar-refractivity contribution in [2.45, 2.75) is 39.3 Å². The largest absolute Gasteiger partial charge is 0.467 e. The molecule has 1 aliphatic rings. The van der Waals surface area contributed by atoms with E-state index in [1.165, 1.54) is 6.26 Å². The van der Waals surface area contributed by atoms with Crippen molar-refractivity contribution < 1.29 is 18.4 Å². The van der Waals surface area contributed by atoms with Gasteiger partial charge in [-0.25, -0.2) is 0 Å². The predicted molar refractivity (Wildman–Crippen MR) is 89.1 cm³/mol. The first-order chi connectivity index (χ1) is 12.0. The number of carbonyl (C=O) groups excluding carboxylic acids is 1. The van der Waals surface area contributed by atoms with Crippen LogP contribution in [0.5, 0.6) is 0 Å². The average molecular weight is 348 g/mol. The zero-order chi connectivity index (χ0) is 17.8. The Hall–Kier alpha value is -2.19. The number of hydrogen-bond donors (Lipinski definition) is 1. The number of hydrogen-bond acceptors (Lipinski definition) is 7. The highest BCUT2D eigenvalue weighted by atomic mass is 16.5. The van der Waals surface area contributed by atoms with Crippen molar-refractivity contribution in [1.82, 2.24) is 20.4 Å². The second-order valence-corrected chi connectivity index (χ2v) is 6.52. The number of nitrogens with one attached hydrogen (secondary N) is 1. The summed E-state index contributed by atoms with van der Waals surface area (Å²) in [6.45, 7) is 9.63. The van der Waals surface area contributed by atoms with E-state index < -0.39 is 0 Å². The number of rotatable bonds is 6. The summed E-state index contributed by atoms with van der Waals surface area (Å²) in [5.41, 5.74) is 0.485. The molecule has 1 atom stereocenters. The standard InChI is InChI=1S/C17H24N4O4/c1-11(2)16-19-20-17(25-16)12(3)18-15(22)13-8-14(24-10-13)9-21-4-6-23-7-5-21/h8,10-12H,4-7,9H2,1-3H3,(H,18,22)/t12-/m0/s1. The van der Waals surface area contributed by atoms with E-state index in [4.69, 9.17) is 13.6 Å². The van der Waals surface area contributed by atoms with Crippen molar-refractivity contribution in [3.63, 3.8) is 0 Å². The molecule has 3 rings (SSSR count). The van der Waals surface area contributed by atoms with E-state index >= 15 is 0 Å². The number of morpholine rings is 1. The zero-order valence-corrected chi connectivity index (χ0v) is 14.8. The first-order valence-electron chi connectivity index (χ1n) is 8.54. The molecule has 0 saturated carbocycles. The van der Waals surface area contributed by atoms with Crippen LogP contribution in [0.2, 0.25) is 0 Å². The minimum Gasteiger partial charge on any atom is -0.467 e. The molecule has 8 nitrogen and oxygen atoms in total. The van der Waals surface area contributed by atoms with E-state index in [0.29, 0.717) is 23.9 Å². The van der Waals surface area contributed by atoms with Gasteiger partial charge in [-0.05, 0) is 13.0 Å². The van der Waals surface area contributed by atoms with Crippen molar-refractivity contribution in [1.29, 1.82) is 0 Å². The van der Waals surface area contributed by atoms with Crippen LogP contribution in [0.3, 0.4) is 0 Å². The van der Waals surface area contributed by atoms with Crippen LogP contribution in [0, 0.1) is 0 Å². The Bertz CT molecular complexity index is 703. The molecule has 2 aromatic rings. The molecule has 1 N–H and O–H groups in total. The summed E-state index contributed by atoms with van der Waals surface area (Å²) in [4.78, 5) is 14.6. The number of aromatic nitrogens is 2. The highest BCUT2D eigenvalue weighted by molar-refractivity contribution is 5.94. The Morgan fingerprint density at radius 2 is 1.96 bits per heavy atom. The Labute approximate surface area is 146 Å². The van der Waals surface area contributed by atoms with Crippen molar-refractivity contribution in [3.8, 4) is 0 Å². The van der Waals surface area contributed by atoms with Gasteiger partial charge in [0.1, 0.15) is 18.1 Å². The van der Waals surface area contributed by atoms with Gasteiger partial charge < -0.3 is 18.9 Å². The monoisotopic (exact) mass is 348 g/mol. The van der Waals surface area contributed by atoms with Crippen molar-refractivity contribution in [2.75, 3.05) is 26.3 Å². The van der Waals surface area contributed by atoms with Crippen LogP contribution in [0.1, 0.15) is 60.6 Å². The van der Waals surface area contributed by atoms with Gasteiger partial charge in [0.2, 0.25) is 11.8 Å². The maximum Gasteiger partial charge on any atom is 0.255 e. The molecule has 3 heterocycles. The molecule has 0 radical (unpaired) electrons. The lowest BCUT2D eigenvalue weighted by molar-refractivity contribution is 0.0313. The topological polar surface area (TPSA) is 93.6 Å². The Kier molecular flexibility index (Phi) is 5.50. The number of ether oxygens (including phenoxy) is 1. The van der Waals surface area contributed by atoms with Crippen LogP contribution >= 0.6 is 0 Å². The summed E-state index contributed by atoms with van der Waals surface area (Å²) in [7, 11) is 0. The number of furan rings is 1. The fourth-order valence-electron chi connectivity index (χ4n) is 2.56. The van der Waals surface area contributed by atoms with Gasteiger partial charge >= 0.3 is 0 Å². The lowest BCUT2D eigenvalue weighted by Crippen LogP contribution is -2.35. The summed E-state index contributed by atoms with van der Waals surface area (Å²) < 4.78 is 16.4. The molecule has 1 aliphatic heterocycles. The van der Waals surface area contributed by atoms with Gasteiger partial charge in [-0.2, -0.15) is 0 Å². The molecule has 1 amide bonds. The Morgan fingerprint density at radius 1 is 1.24 bits per heavy atom. The molecular formula is C17H24N4O4. The van der Waals surface area contributed by atoms with E-state index in [2.05, 4.69) is 20.4 Å². The minimum absolute atomic E-state index is 0.153. The third kappa shape index (κ3) is 4.46. The fourth-order valence-corrected chi connectivity index (χ4v) is 2.56. The minimum atomic E-state index is -0.370. The molecule has 0 bridgehead atoms. The lowest BCUT2D eigenvalue weighted by atomic mass is 10.2. The van der Waals surface area contributed by atoms with Crippen LogP contribution in [0.4, 0.5) is 0 Å². The molecule has 0 aromatic carbocycles. The van der Waals surface area contributed by atoms with Crippen molar-refractivity contribution in [2.24, 2.45) is 0 Å². The van der Waals surface area contributed by atoms with E-state index in [-0.39, 0.29) is 17.9 Å². The molecule has 2 aromatic heterocycles. The third-order valence-corrected chi connectivity index (χ3v) is 4.07. The summed E-state index contributed by atoms with van der Waals surface area (Å²) >= 11 is 0. The maximum atomic E-state index is 12.4. The van der Waals surface area contributed by atoms with E-state index in [9.17, 15) is 4.79 Å². The maximum absolute atomic E-state index is 12.4. The Morgan fingerprint density at radius 3 is 2.64 bits per heavy atom. The van der Waals surface area contributed by atoms with Gasteiger partial charge in [-0.3, -0.25) is 9.69 Å². The molecule has 1 fully saturated rings. The molecule has 25 heavy (non-hydrogen) atoms. The van der Waals surface area contributed by atoms with E-state index in [1.807, 2.05) is 20.8 Å². The fraction of sp³-hybridized carbons (Fsp3) is 0.588. The number of nitrogens with zero attached hydrogens (tertiary/aromatic N) is 3. The van der Waals surface area contributed by atoms with Crippen molar-refractivity contribution >= 4 is 5.91 Å². The second kappa shape index (κ2) is 7.79. The SMILES string of the molecule is CC(C)c1nnc([C@H](C)NC(=O)c2coc(CN3CCOCC3)c2)o1. The average Bonchev–Trinajstić information content (AvgIpc) is 3.25. The summed E-state index contributed by atoms with van der Waals surface area (Å²) in [6.07, 6.45) is 1.48. The molecule has 0 unspecified atom stereocenters. The van der Waals surface area contributed by atoms with Gasteiger partial charge in [-0.15, -0.1) is 10.2 Å². The van der Waals surface area contributed by atoms with Crippen LogP contribution < -0.4 is 5.32 Å². The molecule has 0 spiro atoms. The lowest BCUT2D eigenvalue weighted by Gasteiger charge is -2.25. The van der Waals surface area contributed by atoms with Gasteiger partial charge in [0.15, 0.2) is 0 Å². The first-order valence-corrected chi connectivity index (χ1v) is 8.54. The first kappa shape index (κ1) is 17.6. The summed E-state index contributed by atoms with van der Waals surface area (Å²) in [6, 6.07) is 1.40. The van der Waals surface area contributed by atoms with Gasteiger partial charge in [0, 0.05) is 19.0 Å². The molecule has 0 aliphatic carbocycles. The normalized spacial score (nSPS) is 17.0. The van der Waals surface area contributed by atoms with Gasteiger partial charge in [0.25, 0.3) is 5.91 Å². The highest BCUT2D eigenvalue weighted by Crippen LogP contribution is 2.18. The highest BCUT2D eigenvalue weighted by Gasteiger charge is 2.20. The molecule has 1 saturated heterocycles. The van der Waals surface area contributed by atoms with Crippen molar-refractivity contribution in [3.05, 3.63) is 35.4 Å². The molecule has 8 heteroatoms. The molecule has 136 valence electrons. The van der Waals surface area contributed by atoms with Gasteiger partial charge in [-0.1, -0.05) is 13.8 Å². The summed E-state index contributed by atoms with van der Waals surface area (Å²) in [5.74, 6) is 1.65. The van der Waals surface area contributed by atoms with Crippen LogP contribution in [-0.2, 0) is 11.3 Å². The smallest absolute Gasteiger partial charge is 0.255 e. The van der Waals surface area contributed by atoms with Crippen LogP contribution in [0.15, 0.2) is 21.2 Å².